The van der Waals surface area contributed by atoms with Crippen LogP contribution in [-0.4, -0.2) is 50.7 Å². The molecule has 0 aliphatic rings. The summed E-state index contributed by atoms with van der Waals surface area (Å²) in [5.41, 5.74) is 15.7. The van der Waals surface area contributed by atoms with E-state index in [9.17, 15) is 14.4 Å². The summed E-state index contributed by atoms with van der Waals surface area (Å²) in [7, 11) is 1.86. The molecule has 2 aromatic heterocycles. The zero-order valence-electron chi connectivity index (χ0n) is 26.5. The lowest BCUT2D eigenvalue weighted by molar-refractivity contribution is -0.124. The molecule has 0 radical (unpaired) electrons. The van der Waals surface area contributed by atoms with Crippen molar-refractivity contribution in [2.45, 2.75) is 38.5 Å². The number of carbonyl (C=O) groups excluding carboxylic acids is 3. The molecule has 0 bridgehead atoms. The maximum absolute atomic E-state index is 13.3. The van der Waals surface area contributed by atoms with Gasteiger partial charge in [0, 0.05) is 47.9 Å². The Labute approximate surface area is 292 Å². The monoisotopic (exact) mass is 700 g/mol. The fourth-order valence-corrected chi connectivity index (χ4v) is 5.10. The highest BCUT2D eigenvalue weighted by molar-refractivity contribution is 6.30. The second-order valence-corrected chi connectivity index (χ2v) is 12.1. The van der Waals surface area contributed by atoms with E-state index in [-0.39, 0.29) is 37.1 Å². The predicted octanol–water partition coefficient (Wildman–Crippen LogP) is 4.04. The van der Waals surface area contributed by atoms with Crippen molar-refractivity contribution in [2.24, 2.45) is 0 Å². The van der Waals surface area contributed by atoms with Gasteiger partial charge in [-0.1, -0.05) is 47.5 Å². The highest BCUT2D eigenvalue weighted by Gasteiger charge is 2.23. The maximum atomic E-state index is 13.3. The van der Waals surface area contributed by atoms with Gasteiger partial charge in [-0.3, -0.25) is 14.4 Å². The number of amides is 3. The van der Waals surface area contributed by atoms with E-state index in [4.69, 9.17) is 34.7 Å². The summed E-state index contributed by atoms with van der Waals surface area (Å²) in [5, 5.41) is 9.66. The third kappa shape index (κ3) is 9.75. The quantitative estimate of drug-likeness (QED) is 0.120. The van der Waals surface area contributed by atoms with Crippen molar-refractivity contribution < 1.29 is 14.4 Å². The van der Waals surface area contributed by atoms with Crippen LogP contribution in [-0.2, 0) is 29.2 Å². The lowest BCUT2D eigenvalue weighted by Gasteiger charge is -2.20. The fourth-order valence-electron chi connectivity index (χ4n) is 4.85. The van der Waals surface area contributed by atoms with Gasteiger partial charge in [-0.25, -0.2) is 9.97 Å². The summed E-state index contributed by atoms with van der Waals surface area (Å²) < 4.78 is 0. The molecule has 5 aromatic rings. The first kappa shape index (κ1) is 34.8. The molecule has 0 saturated heterocycles. The van der Waals surface area contributed by atoms with Gasteiger partial charge in [0.15, 0.2) is 17.0 Å². The SMILES string of the molecule is CN(Cc1cnc2nc(N)nc(N)c2n1)c1ccc(C(=O)NC(CCC(=O)NCc2ccc(Cl)cc2)C(=O)NCc2ccc(Cl)cc2)cc1. The van der Waals surface area contributed by atoms with Gasteiger partial charge >= 0.3 is 0 Å². The highest BCUT2D eigenvalue weighted by Crippen LogP contribution is 2.19. The largest absolute Gasteiger partial charge is 0.382 e. The first-order valence-corrected chi connectivity index (χ1v) is 16.0. The van der Waals surface area contributed by atoms with E-state index in [1.165, 1.54) is 0 Å². The summed E-state index contributed by atoms with van der Waals surface area (Å²) in [6.45, 7) is 0.914. The number of anilines is 3. The van der Waals surface area contributed by atoms with Gasteiger partial charge in [-0.05, 0) is 66.1 Å². The number of aromatic nitrogens is 4. The van der Waals surface area contributed by atoms with E-state index < -0.39 is 17.9 Å². The molecule has 0 spiro atoms. The fraction of sp³-hybridized carbons (Fsp3) is 0.206. The molecule has 0 saturated carbocycles. The lowest BCUT2D eigenvalue weighted by Crippen LogP contribution is -2.47. The Morgan fingerprint density at radius 1 is 0.816 bits per heavy atom. The molecular formula is C34H34Cl2N10O3. The molecular weight excluding hydrogens is 667 g/mol. The average molecular weight is 702 g/mol. The van der Waals surface area contributed by atoms with E-state index in [1.54, 1.807) is 66.9 Å². The molecule has 0 aliphatic heterocycles. The van der Waals surface area contributed by atoms with Crippen LogP contribution in [0.4, 0.5) is 17.5 Å². The second kappa shape index (κ2) is 16.0. The molecule has 0 aliphatic carbocycles. The number of nitrogens with one attached hydrogen (secondary N) is 3. The molecule has 15 heteroatoms. The van der Waals surface area contributed by atoms with Crippen molar-refractivity contribution in [1.82, 2.24) is 35.9 Å². The standard InChI is InChI=1S/C34H34Cl2N10O3/c1-46(19-25-18-40-31-29(42-25)30(37)44-34(38)45-31)26-12-6-22(7-13-26)32(48)43-27(33(49)41-17-21-4-10-24(36)11-5-21)14-15-28(47)39-16-20-2-8-23(35)9-3-20/h2-13,18,27H,14-17,19H2,1H3,(H,39,47)(H,41,49)(H,43,48)(H4,37,38,40,44,45). The van der Waals surface area contributed by atoms with Crippen LogP contribution in [0, 0.1) is 0 Å². The summed E-state index contributed by atoms with van der Waals surface area (Å²) >= 11 is 11.9. The van der Waals surface area contributed by atoms with Crippen LogP contribution in [0.3, 0.4) is 0 Å². The number of rotatable bonds is 13. The second-order valence-electron chi connectivity index (χ2n) is 11.2. The smallest absolute Gasteiger partial charge is 0.251 e. The van der Waals surface area contributed by atoms with E-state index >= 15 is 0 Å². The first-order chi connectivity index (χ1) is 23.5. The Kier molecular flexibility index (Phi) is 11.4. The minimum Gasteiger partial charge on any atom is -0.382 e. The molecule has 3 aromatic carbocycles. The van der Waals surface area contributed by atoms with Crippen LogP contribution in [0.2, 0.25) is 10.0 Å². The topological polar surface area (TPSA) is 194 Å². The number of fused-ring (bicyclic) bond motifs is 1. The van der Waals surface area contributed by atoms with Crippen molar-refractivity contribution >= 4 is 69.5 Å². The minimum absolute atomic E-state index is 0.0134. The van der Waals surface area contributed by atoms with Gasteiger partial charge < -0.3 is 32.3 Å². The van der Waals surface area contributed by atoms with Gasteiger partial charge in [0.05, 0.1) is 18.4 Å². The van der Waals surface area contributed by atoms with Gasteiger partial charge in [-0.15, -0.1) is 0 Å². The summed E-state index contributed by atoms with van der Waals surface area (Å²) in [4.78, 5) is 58.0. The zero-order valence-corrected chi connectivity index (χ0v) is 28.0. The van der Waals surface area contributed by atoms with Crippen LogP contribution >= 0.6 is 23.2 Å². The van der Waals surface area contributed by atoms with Gasteiger partial charge in [0.25, 0.3) is 5.91 Å². The molecule has 1 atom stereocenters. The molecule has 1 unspecified atom stereocenters. The van der Waals surface area contributed by atoms with Crippen molar-refractivity contribution in [3.8, 4) is 0 Å². The van der Waals surface area contributed by atoms with E-state index in [1.807, 2.05) is 24.1 Å². The lowest BCUT2D eigenvalue weighted by atomic mass is 10.1. The van der Waals surface area contributed by atoms with Crippen LogP contribution < -0.4 is 32.3 Å². The van der Waals surface area contributed by atoms with Crippen molar-refractivity contribution in [3.05, 3.63) is 111 Å². The Bertz CT molecular complexity index is 1940. The summed E-state index contributed by atoms with van der Waals surface area (Å²) in [6, 6.07) is 20.1. The highest BCUT2D eigenvalue weighted by atomic mass is 35.5. The molecule has 0 fully saturated rings. The van der Waals surface area contributed by atoms with Crippen molar-refractivity contribution in [3.63, 3.8) is 0 Å². The maximum Gasteiger partial charge on any atom is 0.251 e. The molecule has 49 heavy (non-hydrogen) atoms. The van der Waals surface area contributed by atoms with Crippen LogP contribution in [0.25, 0.3) is 11.2 Å². The predicted molar refractivity (Wildman–Crippen MR) is 190 cm³/mol. The average Bonchev–Trinajstić information content (AvgIpc) is 3.09. The van der Waals surface area contributed by atoms with Crippen molar-refractivity contribution in [2.75, 3.05) is 23.4 Å². The number of carbonyl (C=O) groups is 3. The van der Waals surface area contributed by atoms with Crippen molar-refractivity contribution in [1.29, 1.82) is 0 Å². The van der Waals surface area contributed by atoms with E-state index in [2.05, 4.69) is 35.9 Å². The number of hydrogen-bond donors (Lipinski definition) is 5. The number of nitrogens with two attached hydrogens (primary N) is 2. The van der Waals surface area contributed by atoms with Crippen LogP contribution in [0.5, 0.6) is 0 Å². The van der Waals surface area contributed by atoms with Crippen LogP contribution in [0.1, 0.15) is 40.0 Å². The molecule has 252 valence electrons. The van der Waals surface area contributed by atoms with Gasteiger partial charge in [-0.2, -0.15) is 9.97 Å². The number of hydrogen-bond acceptors (Lipinski definition) is 10. The molecule has 5 rings (SSSR count). The normalized spacial score (nSPS) is 11.5. The van der Waals surface area contributed by atoms with E-state index in [0.717, 1.165) is 16.8 Å². The molecule has 3 amide bonds. The Morgan fingerprint density at radius 2 is 1.43 bits per heavy atom. The molecule has 13 nitrogen and oxygen atoms in total. The molecule has 7 N–H and O–H groups in total. The van der Waals surface area contributed by atoms with Crippen LogP contribution in [0.15, 0.2) is 79.0 Å². The third-order valence-corrected chi connectivity index (χ3v) is 8.04. The Morgan fingerprint density at radius 3 is 2.06 bits per heavy atom. The van der Waals surface area contributed by atoms with E-state index in [0.29, 0.717) is 45.6 Å². The van der Waals surface area contributed by atoms with Gasteiger partial charge in [0.2, 0.25) is 17.8 Å². The number of halogens is 2. The minimum atomic E-state index is -0.971. The zero-order chi connectivity index (χ0) is 34.9. The van der Waals surface area contributed by atoms with Gasteiger partial charge in [0.1, 0.15) is 6.04 Å². The number of nitrogens with zero attached hydrogens (tertiary/aromatic N) is 5. The first-order valence-electron chi connectivity index (χ1n) is 15.2. The number of benzene rings is 3. The summed E-state index contributed by atoms with van der Waals surface area (Å²) in [5.74, 6) is -0.977. The third-order valence-electron chi connectivity index (χ3n) is 7.54. The molecule has 2 heterocycles. The number of nitrogen functional groups attached to an aromatic ring is 2. The Hall–Kier alpha value is -5.53. The summed E-state index contributed by atoms with van der Waals surface area (Å²) in [6.07, 6.45) is 1.68. The Balaban J connectivity index is 1.21.